The summed E-state index contributed by atoms with van der Waals surface area (Å²) in [6.07, 6.45) is 16.1. The number of methoxy groups -OCH3 is 2. The maximum absolute atomic E-state index is 12.6. The van der Waals surface area contributed by atoms with E-state index in [0.29, 0.717) is 61.0 Å². The normalized spacial score (nSPS) is 16.5. The van der Waals surface area contributed by atoms with Gasteiger partial charge in [0.1, 0.15) is 17.0 Å². The minimum atomic E-state index is -0.670. The predicted molar refractivity (Wildman–Crippen MR) is 213 cm³/mol. The van der Waals surface area contributed by atoms with Crippen LogP contribution in [0.1, 0.15) is 94.1 Å². The van der Waals surface area contributed by atoms with Gasteiger partial charge in [-0.3, -0.25) is 29.6 Å². The molecule has 300 valence electrons. The van der Waals surface area contributed by atoms with Gasteiger partial charge in [-0.2, -0.15) is 5.10 Å². The number of rotatable bonds is 19. The van der Waals surface area contributed by atoms with Crippen molar-refractivity contribution < 1.29 is 28.6 Å². The molecule has 6 rings (SSSR count). The average molecular weight is 770 g/mol. The standard InChI is InChI=1S/C42H55N7O7/c1-48-27-33(32-26-45-47-40(32)42(48)53)30-23-35(54-2)31(36(24-30)55-3)11-10-12-37(50)43-19-8-6-4-5-7-9-20-49-21-17-28(18-22-49)29-13-16-39(44-25-29)56-34-14-15-38(51)46-41(34)52/h13,16,23-28,34H,4-12,14-15,17-22H2,1-3H3,(H,43,50)(H,45,47)(H,46,51,52). The number of amides is 3. The molecule has 0 saturated carbocycles. The molecule has 2 aliphatic heterocycles. The molecule has 1 unspecified atom stereocenters. The number of aryl methyl sites for hydroxylation is 1. The molecule has 2 saturated heterocycles. The van der Waals surface area contributed by atoms with Crippen LogP contribution in [-0.2, 0) is 27.9 Å². The number of aromatic nitrogens is 4. The number of aromatic amines is 1. The molecule has 14 heteroatoms. The minimum absolute atomic E-state index is 0.0583. The molecule has 3 amide bonds. The van der Waals surface area contributed by atoms with Crippen LogP contribution in [0.5, 0.6) is 17.4 Å². The van der Waals surface area contributed by atoms with Crippen LogP contribution in [0.3, 0.4) is 0 Å². The van der Waals surface area contributed by atoms with Crippen molar-refractivity contribution in [2.75, 3.05) is 40.4 Å². The smallest absolute Gasteiger partial charge is 0.276 e. The monoisotopic (exact) mass is 769 g/mol. The molecule has 4 aromatic rings. The molecular formula is C42H55N7O7. The van der Waals surface area contributed by atoms with Gasteiger partial charge in [0.2, 0.25) is 17.7 Å². The zero-order valence-corrected chi connectivity index (χ0v) is 32.9. The average Bonchev–Trinajstić information content (AvgIpc) is 3.71. The number of hydrogen-bond donors (Lipinski definition) is 3. The quantitative estimate of drug-likeness (QED) is 0.0853. The molecular weight excluding hydrogens is 715 g/mol. The van der Waals surface area contributed by atoms with Crippen LogP contribution in [-0.4, -0.2) is 88.9 Å². The zero-order valence-electron chi connectivity index (χ0n) is 32.9. The molecule has 3 aromatic heterocycles. The molecule has 2 fully saturated rings. The van der Waals surface area contributed by atoms with Crippen LogP contribution in [0.25, 0.3) is 22.0 Å². The first kappa shape index (κ1) is 40.4. The van der Waals surface area contributed by atoms with E-state index in [1.807, 2.05) is 24.4 Å². The lowest BCUT2D eigenvalue weighted by molar-refractivity contribution is -0.139. The van der Waals surface area contributed by atoms with Gasteiger partial charge >= 0.3 is 0 Å². The van der Waals surface area contributed by atoms with Crippen molar-refractivity contribution in [1.82, 2.24) is 35.3 Å². The second-order valence-corrected chi connectivity index (χ2v) is 14.9. The van der Waals surface area contributed by atoms with Crippen LogP contribution in [0.2, 0.25) is 0 Å². The lowest BCUT2D eigenvalue weighted by atomic mass is 9.90. The van der Waals surface area contributed by atoms with Crippen molar-refractivity contribution in [2.24, 2.45) is 7.05 Å². The van der Waals surface area contributed by atoms with Gasteiger partial charge in [-0.05, 0) is 87.3 Å². The summed E-state index contributed by atoms with van der Waals surface area (Å²) in [4.78, 5) is 55.5. The molecule has 3 N–H and O–H groups in total. The van der Waals surface area contributed by atoms with E-state index in [2.05, 4.69) is 36.8 Å². The molecule has 5 heterocycles. The molecule has 0 spiro atoms. The van der Waals surface area contributed by atoms with Gasteiger partial charge in [0.05, 0.1) is 20.4 Å². The van der Waals surface area contributed by atoms with Crippen molar-refractivity contribution in [3.63, 3.8) is 0 Å². The largest absolute Gasteiger partial charge is 0.496 e. The number of nitrogens with one attached hydrogen (secondary N) is 3. The first-order valence-electron chi connectivity index (χ1n) is 20.0. The Morgan fingerprint density at radius 3 is 2.36 bits per heavy atom. The van der Waals surface area contributed by atoms with Gasteiger partial charge in [0.15, 0.2) is 6.10 Å². The fourth-order valence-corrected chi connectivity index (χ4v) is 7.80. The van der Waals surface area contributed by atoms with Gasteiger partial charge in [-0.1, -0.05) is 31.7 Å². The Balaban J connectivity index is 0.813. The summed E-state index contributed by atoms with van der Waals surface area (Å²) in [5.74, 6) is 1.64. The first-order chi connectivity index (χ1) is 27.2. The van der Waals surface area contributed by atoms with E-state index in [1.54, 1.807) is 33.7 Å². The molecule has 14 nitrogen and oxygen atoms in total. The fourth-order valence-electron chi connectivity index (χ4n) is 7.80. The van der Waals surface area contributed by atoms with Crippen molar-refractivity contribution >= 4 is 28.6 Å². The highest BCUT2D eigenvalue weighted by molar-refractivity contribution is 6.00. The SMILES string of the molecule is COc1cc(-c2cn(C)c(=O)c3[nH]ncc23)cc(OC)c1CCCC(=O)NCCCCCCCCN1CCC(c2ccc(OC3CCC(=O)NC3=O)nc2)CC1. The predicted octanol–water partition coefficient (Wildman–Crippen LogP) is 5.18. The van der Waals surface area contributed by atoms with E-state index in [4.69, 9.17) is 14.2 Å². The summed E-state index contributed by atoms with van der Waals surface area (Å²) >= 11 is 0. The van der Waals surface area contributed by atoms with Crippen LogP contribution in [0, 0.1) is 0 Å². The maximum Gasteiger partial charge on any atom is 0.276 e. The highest BCUT2D eigenvalue weighted by atomic mass is 16.5. The number of piperidine rings is 2. The van der Waals surface area contributed by atoms with E-state index in [9.17, 15) is 19.2 Å². The van der Waals surface area contributed by atoms with E-state index in [0.717, 1.165) is 67.4 Å². The highest BCUT2D eigenvalue weighted by Gasteiger charge is 2.29. The molecule has 0 aliphatic carbocycles. The number of ether oxygens (including phenoxy) is 3. The maximum atomic E-state index is 12.6. The Bertz CT molecular complexity index is 1990. The molecule has 0 radical (unpaired) electrons. The van der Waals surface area contributed by atoms with Crippen LogP contribution in [0.4, 0.5) is 0 Å². The summed E-state index contributed by atoms with van der Waals surface area (Å²) < 4.78 is 18.8. The second kappa shape index (κ2) is 19.6. The second-order valence-electron chi connectivity index (χ2n) is 14.9. The van der Waals surface area contributed by atoms with Gasteiger partial charge < -0.3 is 29.0 Å². The fraction of sp³-hybridized carbons (Fsp3) is 0.524. The number of fused-ring (bicyclic) bond motifs is 1. The summed E-state index contributed by atoms with van der Waals surface area (Å²) in [5, 5.41) is 13.0. The van der Waals surface area contributed by atoms with E-state index in [-0.39, 0.29) is 23.8 Å². The highest BCUT2D eigenvalue weighted by Crippen LogP contribution is 2.38. The van der Waals surface area contributed by atoms with Gasteiger partial charge in [0, 0.05) is 67.8 Å². The number of likely N-dealkylation sites (tertiary alicyclic amines) is 1. The third-order valence-electron chi connectivity index (χ3n) is 11.0. The van der Waals surface area contributed by atoms with E-state index < -0.39 is 12.0 Å². The van der Waals surface area contributed by atoms with E-state index >= 15 is 0 Å². The summed E-state index contributed by atoms with van der Waals surface area (Å²) in [5.41, 5.74) is 4.10. The lowest BCUT2D eigenvalue weighted by Crippen LogP contribution is -2.46. The number of nitrogens with zero attached hydrogens (tertiary/aromatic N) is 4. The topological polar surface area (TPSA) is 170 Å². The Morgan fingerprint density at radius 2 is 1.66 bits per heavy atom. The van der Waals surface area contributed by atoms with Crippen LogP contribution < -0.4 is 30.4 Å². The number of H-pyrrole nitrogens is 1. The summed E-state index contributed by atoms with van der Waals surface area (Å²) in [6.45, 7) is 3.99. The van der Waals surface area contributed by atoms with Gasteiger partial charge in [-0.25, -0.2) is 4.98 Å². The van der Waals surface area contributed by atoms with Crippen LogP contribution in [0.15, 0.2) is 47.7 Å². The zero-order chi connectivity index (χ0) is 39.4. The number of benzene rings is 1. The lowest BCUT2D eigenvalue weighted by Gasteiger charge is -2.32. The van der Waals surface area contributed by atoms with Gasteiger partial charge in [0.25, 0.3) is 11.5 Å². The molecule has 0 bridgehead atoms. The van der Waals surface area contributed by atoms with Crippen LogP contribution >= 0.6 is 0 Å². The number of carbonyl (C=O) groups excluding carboxylic acids is 3. The number of unbranched alkanes of at least 4 members (excludes halogenated alkanes) is 5. The van der Waals surface area contributed by atoms with Crippen molar-refractivity contribution in [2.45, 2.75) is 95.5 Å². The Morgan fingerprint density at radius 1 is 0.929 bits per heavy atom. The molecule has 56 heavy (non-hydrogen) atoms. The third-order valence-corrected chi connectivity index (χ3v) is 11.0. The van der Waals surface area contributed by atoms with Gasteiger partial charge in [-0.15, -0.1) is 0 Å². The van der Waals surface area contributed by atoms with E-state index in [1.165, 1.54) is 35.8 Å². The number of imide groups is 1. The Hall–Kier alpha value is -5.24. The number of carbonyl (C=O) groups is 3. The van der Waals surface area contributed by atoms with Crippen molar-refractivity contribution in [3.05, 3.63) is 64.3 Å². The molecule has 1 atom stereocenters. The Kier molecular flexibility index (Phi) is 14.1. The third kappa shape index (κ3) is 10.3. The molecule has 2 aliphatic rings. The number of hydrogen-bond acceptors (Lipinski definition) is 10. The molecule has 1 aromatic carbocycles. The first-order valence-corrected chi connectivity index (χ1v) is 20.0. The summed E-state index contributed by atoms with van der Waals surface area (Å²) in [7, 11) is 4.96. The summed E-state index contributed by atoms with van der Waals surface area (Å²) in [6, 6.07) is 7.77. The Labute approximate surface area is 327 Å². The van der Waals surface area contributed by atoms with Crippen molar-refractivity contribution in [1.29, 1.82) is 0 Å². The van der Waals surface area contributed by atoms with Crippen molar-refractivity contribution in [3.8, 4) is 28.5 Å². The number of pyridine rings is 2. The minimum Gasteiger partial charge on any atom is -0.496 e.